The number of nitrogens with zero attached hydrogens (tertiary/aromatic N) is 1. The topological polar surface area (TPSA) is 85.1 Å². The van der Waals surface area contributed by atoms with E-state index < -0.39 is 10.0 Å². The molecule has 0 saturated heterocycles. The van der Waals surface area contributed by atoms with E-state index in [9.17, 15) is 8.42 Å². The molecule has 1 aromatic rings. The predicted octanol–water partition coefficient (Wildman–Crippen LogP) is 1.52. The lowest BCUT2D eigenvalue weighted by atomic mass is 10.2. The molecule has 5 nitrogen and oxygen atoms in total. The van der Waals surface area contributed by atoms with Crippen molar-refractivity contribution in [3.63, 3.8) is 0 Å². The molecule has 0 aliphatic carbocycles. The molecule has 96 valence electrons. The fourth-order valence-electron chi connectivity index (χ4n) is 1.51. The van der Waals surface area contributed by atoms with Crippen LogP contribution in [0.2, 0.25) is 0 Å². The quantitative estimate of drug-likeness (QED) is 0.809. The Morgan fingerprint density at radius 1 is 1.53 bits per heavy atom. The van der Waals surface area contributed by atoms with Crippen molar-refractivity contribution >= 4 is 15.7 Å². The summed E-state index contributed by atoms with van der Waals surface area (Å²) in [5.74, 6) is 0. The van der Waals surface area contributed by atoms with Crippen LogP contribution in [-0.4, -0.2) is 19.4 Å². The third-order valence-electron chi connectivity index (χ3n) is 2.45. The van der Waals surface area contributed by atoms with Crippen molar-refractivity contribution in [2.75, 3.05) is 5.73 Å². The van der Waals surface area contributed by atoms with Gasteiger partial charge in [-0.3, -0.25) is 4.98 Å². The number of rotatable bonds is 6. The van der Waals surface area contributed by atoms with E-state index in [2.05, 4.69) is 16.6 Å². The zero-order valence-electron chi connectivity index (χ0n) is 10.2. The first-order valence-corrected chi connectivity index (χ1v) is 7.17. The minimum Gasteiger partial charge on any atom is -0.398 e. The molecule has 0 bridgehead atoms. The van der Waals surface area contributed by atoms with Crippen molar-refractivity contribution in [2.24, 2.45) is 0 Å². The first-order valence-electron chi connectivity index (χ1n) is 5.69. The zero-order valence-corrected chi connectivity index (χ0v) is 11.0. The van der Waals surface area contributed by atoms with Gasteiger partial charge in [-0.15, -0.1) is 0 Å². The molecule has 1 rings (SSSR count). The standard InChI is InChI=1S/C11H19N3O2S/c1-3-4-5-9(2)14-17(15,16)11-8-13-7-6-10(11)12/h6-9,14H,3-5H2,1-2H3,(H2,12,13). The summed E-state index contributed by atoms with van der Waals surface area (Å²) in [5.41, 5.74) is 5.84. The highest BCUT2D eigenvalue weighted by atomic mass is 32.2. The lowest BCUT2D eigenvalue weighted by Gasteiger charge is -2.14. The Kier molecular flexibility index (Phi) is 4.89. The molecule has 1 aromatic heterocycles. The Morgan fingerprint density at radius 3 is 2.82 bits per heavy atom. The van der Waals surface area contributed by atoms with Crippen LogP contribution in [0.1, 0.15) is 33.1 Å². The van der Waals surface area contributed by atoms with Gasteiger partial charge in [0.2, 0.25) is 10.0 Å². The fraction of sp³-hybridized carbons (Fsp3) is 0.545. The minimum atomic E-state index is -3.56. The van der Waals surface area contributed by atoms with Crippen LogP contribution in [0.15, 0.2) is 23.4 Å². The van der Waals surface area contributed by atoms with E-state index in [-0.39, 0.29) is 16.6 Å². The highest BCUT2D eigenvalue weighted by molar-refractivity contribution is 7.89. The van der Waals surface area contributed by atoms with Crippen molar-refractivity contribution in [3.05, 3.63) is 18.5 Å². The average Bonchev–Trinajstić information content (AvgIpc) is 2.26. The van der Waals surface area contributed by atoms with E-state index in [0.717, 1.165) is 19.3 Å². The monoisotopic (exact) mass is 257 g/mol. The van der Waals surface area contributed by atoms with Crippen LogP contribution in [-0.2, 0) is 10.0 Å². The lowest BCUT2D eigenvalue weighted by Crippen LogP contribution is -2.33. The Morgan fingerprint density at radius 2 is 2.24 bits per heavy atom. The van der Waals surface area contributed by atoms with Crippen LogP contribution in [0, 0.1) is 0 Å². The summed E-state index contributed by atoms with van der Waals surface area (Å²) in [6, 6.07) is 1.38. The number of nitrogen functional groups attached to an aromatic ring is 1. The number of aromatic nitrogens is 1. The van der Waals surface area contributed by atoms with Crippen LogP contribution < -0.4 is 10.5 Å². The van der Waals surface area contributed by atoms with Gasteiger partial charge in [0.15, 0.2) is 0 Å². The molecule has 0 aliphatic rings. The number of unbranched alkanes of at least 4 members (excludes halogenated alkanes) is 1. The molecule has 0 aliphatic heterocycles. The van der Waals surface area contributed by atoms with Crippen molar-refractivity contribution in [3.8, 4) is 0 Å². The Bertz CT molecular complexity index is 460. The van der Waals surface area contributed by atoms with Gasteiger partial charge in [0.05, 0.1) is 5.69 Å². The molecule has 0 amide bonds. The number of hydrogen-bond acceptors (Lipinski definition) is 4. The van der Waals surface area contributed by atoms with Crippen LogP contribution in [0.3, 0.4) is 0 Å². The molecule has 0 radical (unpaired) electrons. The normalized spacial score (nSPS) is 13.5. The highest BCUT2D eigenvalue weighted by Gasteiger charge is 2.19. The molecular formula is C11H19N3O2S. The molecule has 6 heteroatoms. The number of nitrogens with two attached hydrogens (primary N) is 1. The maximum Gasteiger partial charge on any atom is 0.244 e. The van der Waals surface area contributed by atoms with Crippen molar-refractivity contribution in [1.29, 1.82) is 0 Å². The van der Waals surface area contributed by atoms with Crippen LogP contribution in [0.4, 0.5) is 5.69 Å². The summed E-state index contributed by atoms with van der Waals surface area (Å²) in [7, 11) is -3.56. The first kappa shape index (κ1) is 13.9. The van der Waals surface area contributed by atoms with Gasteiger partial charge in [0, 0.05) is 18.4 Å². The molecule has 3 N–H and O–H groups in total. The third kappa shape index (κ3) is 3.98. The summed E-state index contributed by atoms with van der Waals surface area (Å²) in [6.07, 6.45) is 5.59. The highest BCUT2D eigenvalue weighted by Crippen LogP contribution is 2.16. The van der Waals surface area contributed by atoms with Gasteiger partial charge < -0.3 is 5.73 Å². The van der Waals surface area contributed by atoms with E-state index in [0.29, 0.717) is 0 Å². The van der Waals surface area contributed by atoms with E-state index >= 15 is 0 Å². The van der Waals surface area contributed by atoms with Crippen molar-refractivity contribution < 1.29 is 8.42 Å². The molecule has 17 heavy (non-hydrogen) atoms. The number of anilines is 1. The summed E-state index contributed by atoms with van der Waals surface area (Å²) < 4.78 is 26.6. The Labute approximate surface area is 102 Å². The first-order chi connectivity index (χ1) is 7.97. The fourth-order valence-corrected chi connectivity index (χ4v) is 2.87. The zero-order chi connectivity index (χ0) is 12.9. The maximum absolute atomic E-state index is 12.0. The predicted molar refractivity (Wildman–Crippen MR) is 68.0 cm³/mol. The van der Waals surface area contributed by atoms with Crippen LogP contribution >= 0.6 is 0 Å². The molecule has 1 atom stereocenters. The van der Waals surface area contributed by atoms with Gasteiger partial charge >= 0.3 is 0 Å². The Hall–Kier alpha value is -1.14. The summed E-state index contributed by atoms with van der Waals surface area (Å²) in [4.78, 5) is 3.83. The largest absolute Gasteiger partial charge is 0.398 e. The molecule has 0 saturated carbocycles. The van der Waals surface area contributed by atoms with Crippen LogP contribution in [0.25, 0.3) is 0 Å². The lowest BCUT2D eigenvalue weighted by molar-refractivity contribution is 0.534. The summed E-state index contributed by atoms with van der Waals surface area (Å²) >= 11 is 0. The number of sulfonamides is 1. The minimum absolute atomic E-state index is 0.0448. The number of pyridine rings is 1. The summed E-state index contributed by atoms with van der Waals surface area (Å²) in [5, 5.41) is 0. The molecule has 0 fully saturated rings. The van der Waals surface area contributed by atoms with E-state index in [1.165, 1.54) is 18.5 Å². The summed E-state index contributed by atoms with van der Waals surface area (Å²) in [6.45, 7) is 3.92. The van der Waals surface area contributed by atoms with Gasteiger partial charge in [0.1, 0.15) is 4.90 Å². The van der Waals surface area contributed by atoms with E-state index in [4.69, 9.17) is 5.73 Å². The Balaban J connectivity index is 2.79. The van der Waals surface area contributed by atoms with Crippen molar-refractivity contribution in [2.45, 2.75) is 44.0 Å². The number of hydrogen-bond donors (Lipinski definition) is 2. The molecule has 0 aromatic carbocycles. The van der Waals surface area contributed by atoms with Gasteiger partial charge in [-0.1, -0.05) is 19.8 Å². The van der Waals surface area contributed by atoms with Gasteiger partial charge in [-0.2, -0.15) is 0 Å². The van der Waals surface area contributed by atoms with Crippen molar-refractivity contribution in [1.82, 2.24) is 9.71 Å². The van der Waals surface area contributed by atoms with Gasteiger partial charge in [-0.05, 0) is 19.4 Å². The molecule has 0 spiro atoms. The van der Waals surface area contributed by atoms with E-state index in [1.807, 2.05) is 6.92 Å². The maximum atomic E-state index is 12.0. The SMILES string of the molecule is CCCCC(C)NS(=O)(=O)c1cnccc1N. The molecular weight excluding hydrogens is 238 g/mol. The van der Waals surface area contributed by atoms with E-state index in [1.54, 1.807) is 0 Å². The second-order valence-corrected chi connectivity index (χ2v) is 5.76. The van der Waals surface area contributed by atoms with Crippen LogP contribution in [0.5, 0.6) is 0 Å². The second-order valence-electron chi connectivity index (χ2n) is 4.08. The number of nitrogens with one attached hydrogen (secondary N) is 1. The smallest absolute Gasteiger partial charge is 0.244 e. The van der Waals surface area contributed by atoms with Gasteiger partial charge in [0.25, 0.3) is 0 Å². The third-order valence-corrected chi connectivity index (χ3v) is 4.09. The molecule has 1 heterocycles. The average molecular weight is 257 g/mol. The second kappa shape index (κ2) is 5.97. The molecule has 1 unspecified atom stereocenters. The van der Waals surface area contributed by atoms with Gasteiger partial charge in [-0.25, -0.2) is 13.1 Å².